The highest BCUT2D eigenvalue weighted by molar-refractivity contribution is 7.98. The third-order valence-electron chi connectivity index (χ3n) is 5.60. The van der Waals surface area contributed by atoms with Crippen molar-refractivity contribution in [1.29, 1.82) is 0 Å². The van der Waals surface area contributed by atoms with Crippen molar-refractivity contribution in [2.24, 2.45) is 22.2 Å². The van der Waals surface area contributed by atoms with E-state index < -0.39 is 54.0 Å². The molecule has 1 aromatic rings. The first-order valence-corrected chi connectivity index (χ1v) is 13.6. The summed E-state index contributed by atoms with van der Waals surface area (Å²) in [6.07, 6.45) is 1.16. The van der Waals surface area contributed by atoms with Crippen molar-refractivity contribution in [3.63, 3.8) is 0 Å². The fraction of sp³-hybridized carbons (Fsp3) is 0.542. The third kappa shape index (κ3) is 12.7. The molecule has 3 amide bonds. The Morgan fingerprint density at radius 3 is 2.08 bits per heavy atom. The Bertz CT molecular complexity index is 988. The number of benzene rings is 1. The van der Waals surface area contributed by atoms with Crippen molar-refractivity contribution in [2.45, 2.75) is 62.9 Å². The lowest BCUT2D eigenvalue weighted by Crippen LogP contribution is -2.58. The van der Waals surface area contributed by atoms with Crippen LogP contribution in [0.3, 0.4) is 0 Å². The predicted molar refractivity (Wildman–Crippen MR) is 148 cm³/mol. The Balaban J connectivity index is 3.02. The molecule has 1 aromatic carbocycles. The minimum absolute atomic E-state index is 0.0671. The first-order valence-electron chi connectivity index (χ1n) is 12.3. The van der Waals surface area contributed by atoms with E-state index >= 15 is 0 Å². The maximum atomic E-state index is 13.2. The van der Waals surface area contributed by atoms with Crippen molar-refractivity contribution in [2.75, 3.05) is 18.6 Å². The van der Waals surface area contributed by atoms with Gasteiger partial charge in [-0.1, -0.05) is 12.1 Å². The fourth-order valence-corrected chi connectivity index (χ4v) is 3.92. The summed E-state index contributed by atoms with van der Waals surface area (Å²) in [7, 11) is 0. The van der Waals surface area contributed by atoms with Crippen LogP contribution in [0.15, 0.2) is 29.3 Å². The van der Waals surface area contributed by atoms with Gasteiger partial charge >= 0.3 is 5.97 Å². The number of carbonyl (C=O) groups is 4. The first-order chi connectivity index (χ1) is 18.3. The predicted octanol–water partition coefficient (Wildman–Crippen LogP) is -2.01. The molecule has 0 heterocycles. The SMILES string of the molecule is CSCCC(NC(=O)C(CCCN=C(N)N)NC(=O)C(N)Cc1ccc(O)cc1)C(=O)NC(C(=O)O)C(C)O. The number of guanidine groups is 1. The molecule has 0 aliphatic heterocycles. The molecule has 218 valence electrons. The molecule has 5 atom stereocenters. The molecule has 1 rings (SSSR count). The van der Waals surface area contributed by atoms with Crippen LogP contribution in [0.2, 0.25) is 0 Å². The minimum Gasteiger partial charge on any atom is -0.508 e. The Hall–Kier alpha value is -3.56. The Labute approximate surface area is 231 Å². The molecule has 0 fully saturated rings. The van der Waals surface area contributed by atoms with Gasteiger partial charge in [-0.2, -0.15) is 11.8 Å². The molecule has 0 aromatic heterocycles. The number of aromatic hydroxyl groups is 1. The number of nitrogens with one attached hydrogen (secondary N) is 3. The average Bonchev–Trinajstić information content (AvgIpc) is 2.87. The summed E-state index contributed by atoms with van der Waals surface area (Å²) < 4.78 is 0. The second kappa shape index (κ2) is 17.1. The second-order valence-corrected chi connectivity index (χ2v) is 9.88. The van der Waals surface area contributed by atoms with Crippen molar-refractivity contribution in [1.82, 2.24) is 16.0 Å². The first kappa shape index (κ1) is 33.5. The normalized spacial score (nSPS) is 14.7. The summed E-state index contributed by atoms with van der Waals surface area (Å²) in [4.78, 5) is 54.2. The number of carbonyl (C=O) groups excluding carboxylic acids is 3. The number of aliphatic carboxylic acids is 1. The van der Waals surface area contributed by atoms with Gasteiger partial charge in [-0.3, -0.25) is 19.4 Å². The van der Waals surface area contributed by atoms with Crippen LogP contribution in [0.25, 0.3) is 0 Å². The van der Waals surface area contributed by atoms with Gasteiger partial charge in [0, 0.05) is 6.54 Å². The molecular weight excluding hydrogens is 530 g/mol. The van der Waals surface area contributed by atoms with Crippen LogP contribution in [-0.2, 0) is 25.6 Å². The number of rotatable bonds is 17. The lowest BCUT2D eigenvalue weighted by atomic mass is 10.0. The molecule has 0 saturated heterocycles. The number of phenolic OH excluding ortho intramolecular Hbond substituents is 1. The summed E-state index contributed by atoms with van der Waals surface area (Å²) in [6.45, 7) is 1.41. The summed E-state index contributed by atoms with van der Waals surface area (Å²) in [5, 5.41) is 35.8. The van der Waals surface area contributed by atoms with Crippen LogP contribution in [-0.4, -0.2) is 93.8 Å². The number of aliphatic hydroxyl groups excluding tert-OH is 1. The molecule has 0 aliphatic rings. The minimum atomic E-state index is -1.57. The molecule has 0 radical (unpaired) electrons. The fourth-order valence-electron chi connectivity index (χ4n) is 3.45. The van der Waals surface area contributed by atoms with Gasteiger partial charge < -0.3 is 48.5 Å². The Morgan fingerprint density at radius 2 is 1.54 bits per heavy atom. The van der Waals surface area contributed by atoms with Gasteiger partial charge in [0.05, 0.1) is 12.1 Å². The largest absolute Gasteiger partial charge is 0.508 e. The van der Waals surface area contributed by atoms with Crippen LogP contribution in [0, 0.1) is 0 Å². The van der Waals surface area contributed by atoms with Gasteiger partial charge in [-0.25, -0.2) is 4.79 Å². The monoisotopic (exact) mass is 569 g/mol. The number of carboxylic acid groups (broad SMARTS) is 1. The van der Waals surface area contributed by atoms with E-state index in [2.05, 4.69) is 20.9 Å². The van der Waals surface area contributed by atoms with E-state index in [1.807, 2.05) is 0 Å². The van der Waals surface area contributed by atoms with Crippen molar-refractivity contribution >= 4 is 41.4 Å². The van der Waals surface area contributed by atoms with E-state index in [1.165, 1.54) is 30.8 Å². The van der Waals surface area contributed by atoms with E-state index in [9.17, 15) is 34.5 Å². The van der Waals surface area contributed by atoms with Crippen LogP contribution >= 0.6 is 11.8 Å². The highest BCUT2D eigenvalue weighted by Crippen LogP contribution is 2.11. The number of nitrogens with zero attached hydrogens (tertiary/aromatic N) is 1. The zero-order valence-corrected chi connectivity index (χ0v) is 22.8. The average molecular weight is 570 g/mol. The van der Waals surface area contributed by atoms with Crippen LogP contribution in [0.4, 0.5) is 0 Å². The number of phenols is 1. The molecule has 0 bridgehead atoms. The van der Waals surface area contributed by atoms with E-state index in [0.717, 1.165) is 0 Å². The zero-order chi connectivity index (χ0) is 29.5. The van der Waals surface area contributed by atoms with Gasteiger partial charge in [-0.15, -0.1) is 0 Å². The van der Waals surface area contributed by atoms with E-state index in [1.54, 1.807) is 18.4 Å². The summed E-state index contributed by atoms with van der Waals surface area (Å²) in [5.74, 6) is -3.12. The summed E-state index contributed by atoms with van der Waals surface area (Å²) >= 11 is 1.41. The Morgan fingerprint density at radius 1 is 0.974 bits per heavy atom. The molecular formula is C24H39N7O7S. The van der Waals surface area contributed by atoms with Gasteiger partial charge in [0.15, 0.2) is 12.0 Å². The molecule has 0 spiro atoms. The lowest BCUT2D eigenvalue weighted by molar-refractivity contribution is -0.145. The summed E-state index contributed by atoms with van der Waals surface area (Å²) in [6, 6.07) is 1.35. The number of aliphatic imine (C=N–C) groups is 1. The molecule has 39 heavy (non-hydrogen) atoms. The molecule has 12 N–H and O–H groups in total. The van der Waals surface area contributed by atoms with Gasteiger partial charge in [0.2, 0.25) is 17.7 Å². The van der Waals surface area contributed by atoms with E-state index in [0.29, 0.717) is 17.7 Å². The standard InChI is InChI=1S/C24H39N7O7S/c1-13(32)19(23(37)38)31-22(36)18(9-11-39-2)30-21(35)17(4-3-10-28-24(26)27)29-20(34)16(25)12-14-5-7-15(33)8-6-14/h5-8,13,16-19,32-33H,3-4,9-12,25H2,1-2H3,(H,29,34)(H,30,35)(H,31,36)(H,37,38)(H4,26,27,28). The number of thioether (sulfide) groups is 1. The maximum Gasteiger partial charge on any atom is 0.328 e. The van der Waals surface area contributed by atoms with Crippen molar-refractivity contribution in [3.05, 3.63) is 29.8 Å². The molecule has 0 saturated carbocycles. The van der Waals surface area contributed by atoms with E-state index in [-0.39, 0.29) is 37.5 Å². The number of hydrogen-bond donors (Lipinski definition) is 9. The molecule has 15 heteroatoms. The lowest BCUT2D eigenvalue weighted by Gasteiger charge is -2.25. The number of hydrogen-bond acceptors (Lipinski definition) is 9. The van der Waals surface area contributed by atoms with Crippen LogP contribution in [0.1, 0.15) is 31.7 Å². The highest BCUT2D eigenvalue weighted by atomic mass is 32.2. The van der Waals surface area contributed by atoms with Crippen molar-refractivity contribution < 1.29 is 34.5 Å². The third-order valence-corrected chi connectivity index (χ3v) is 6.24. The smallest absolute Gasteiger partial charge is 0.328 e. The number of nitrogens with two attached hydrogens (primary N) is 3. The molecule has 5 unspecified atom stereocenters. The molecule has 14 nitrogen and oxygen atoms in total. The van der Waals surface area contributed by atoms with Gasteiger partial charge in [0.1, 0.15) is 17.8 Å². The number of amides is 3. The Kier molecular flexibility index (Phi) is 14.7. The van der Waals surface area contributed by atoms with Crippen molar-refractivity contribution in [3.8, 4) is 5.75 Å². The topological polar surface area (TPSA) is 255 Å². The summed E-state index contributed by atoms with van der Waals surface area (Å²) in [5.41, 5.74) is 17.4. The number of aliphatic hydroxyl groups is 1. The highest BCUT2D eigenvalue weighted by Gasteiger charge is 2.31. The zero-order valence-electron chi connectivity index (χ0n) is 22.0. The van der Waals surface area contributed by atoms with Gasteiger partial charge in [0.25, 0.3) is 0 Å². The number of carboxylic acids is 1. The van der Waals surface area contributed by atoms with E-state index in [4.69, 9.17) is 17.2 Å². The maximum absolute atomic E-state index is 13.2. The quantitative estimate of drug-likeness (QED) is 0.0562. The second-order valence-electron chi connectivity index (χ2n) is 8.89. The van der Waals surface area contributed by atoms with Crippen LogP contribution in [0.5, 0.6) is 5.75 Å². The van der Waals surface area contributed by atoms with Gasteiger partial charge in [-0.05, 0) is 62.3 Å². The van der Waals surface area contributed by atoms with Crippen LogP contribution < -0.4 is 33.2 Å². The molecule has 0 aliphatic carbocycles.